The summed E-state index contributed by atoms with van der Waals surface area (Å²) in [5.41, 5.74) is 2.67. The lowest BCUT2D eigenvalue weighted by Gasteiger charge is -2.32. The number of aromatic nitrogens is 2. The first-order valence-electron chi connectivity index (χ1n) is 8.70. The molecule has 4 rings (SSSR count). The third kappa shape index (κ3) is 2.98. The maximum atomic E-state index is 12.6. The molecule has 1 aliphatic heterocycles. The van der Waals surface area contributed by atoms with E-state index in [1.54, 1.807) is 18.6 Å². The number of nitrogens with one attached hydrogen (secondary N) is 1. The van der Waals surface area contributed by atoms with E-state index in [0.29, 0.717) is 0 Å². The van der Waals surface area contributed by atoms with E-state index < -0.39 is 0 Å². The molecular formula is C19H22N4O. The van der Waals surface area contributed by atoms with Gasteiger partial charge in [0.2, 0.25) is 5.91 Å². The highest BCUT2D eigenvalue weighted by Crippen LogP contribution is 2.31. The number of hydrogen-bond donors (Lipinski definition) is 1. The van der Waals surface area contributed by atoms with Crippen molar-refractivity contribution in [2.45, 2.75) is 31.7 Å². The van der Waals surface area contributed by atoms with Crippen LogP contribution in [-0.2, 0) is 11.2 Å². The molecular weight excluding hydrogens is 300 g/mol. The van der Waals surface area contributed by atoms with Gasteiger partial charge in [0.25, 0.3) is 0 Å². The van der Waals surface area contributed by atoms with E-state index in [2.05, 4.69) is 44.5 Å². The summed E-state index contributed by atoms with van der Waals surface area (Å²) in [5.74, 6) is 1.21. The molecule has 1 N–H and O–H groups in total. The largest absolute Gasteiger partial charge is 0.355 e. The first-order valence-corrected chi connectivity index (χ1v) is 8.70. The summed E-state index contributed by atoms with van der Waals surface area (Å²) in [6.45, 7) is 1.72. The monoisotopic (exact) mass is 322 g/mol. The van der Waals surface area contributed by atoms with Crippen LogP contribution in [0.25, 0.3) is 0 Å². The molecule has 1 aliphatic carbocycles. The normalized spacial score (nSPS) is 20.7. The zero-order chi connectivity index (χ0) is 16.4. The Kier molecular flexibility index (Phi) is 4.15. The van der Waals surface area contributed by atoms with Crippen LogP contribution in [0.1, 0.15) is 36.4 Å². The van der Waals surface area contributed by atoms with Gasteiger partial charge < -0.3 is 10.2 Å². The van der Waals surface area contributed by atoms with Gasteiger partial charge in [0, 0.05) is 31.4 Å². The molecule has 124 valence electrons. The maximum Gasteiger partial charge on any atom is 0.223 e. The van der Waals surface area contributed by atoms with Crippen molar-refractivity contribution in [1.82, 2.24) is 15.3 Å². The number of piperidine rings is 1. The fraction of sp³-hybridized carbons (Fsp3) is 0.421. The minimum absolute atomic E-state index is 0.102. The minimum Gasteiger partial charge on any atom is -0.355 e. The highest BCUT2D eigenvalue weighted by Gasteiger charge is 2.29. The van der Waals surface area contributed by atoms with E-state index >= 15 is 0 Å². The number of rotatable bonds is 3. The quantitative estimate of drug-likeness (QED) is 0.943. The molecule has 0 spiro atoms. The molecule has 1 fully saturated rings. The topological polar surface area (TPSA) is 58.1 Å². The number of carbonyl (C=O) groups is 1. The molecule has 0 saturated carbocycles. The van der Waals surface area contributed by atoms with Gasteiger partial charge in [-0.25, -0.2) is 4.98 Å². The van der Waals surface area contributed by atoms with Crippen molar-refractivity contribution >= 4 is 11.7 Å². The minimum atomic E-state index is 0.102. The van der Waals surface area contributed by atoms with Gasteiger partial charge >= 0.3 is 0 Å². The van der Waals surface area contributed by atoms with Gasteiger partial charge in [-0.2, -0.15) is 0 Å². The molecule has 5 nitrogen and oxygen atoms in total. The van der Waals surface area contributed by atoms with Crippen molar-refractivity contribution in [3.63, 3.8) is 0 Å². The number of aryl methyl sites for hydroxylation is 1. The van der Waals surface area contributed by atoms with Crippen LogP contribution in [0.5, 0.6) is 0 Å². The van der Waals surface area contributed by atoms with Crippen molar-refractivity contribution in [3.8, 4) is 0 Å². The molecule has 1 atom stereocenters. The summed E-state index contributed by atoms with van der Waals surface area (Å²) >= 11 is 0. The van der Waals surface area contributed by atoms with Crippen molar-refractivity contribution < 1.29 is 4.79 Å². The number of fused-ring (bicyclic) bond motifs is 1. The van der Waals surface area contributed by atoms with Crippen LogP contribution >= 0.6 is 0 Å². The van der Waals surface area contributed by atoms with Crippen LogP contribution in [-0.4, -0.2) is 29.0 Å². The molecule has 0 unspecified atom stereocenters. The molecule has 2 aliphatic rings. The van der Waals surface area contributed by atoms with Gasteiger partial charge in [0.15, 0.2) is 0 Å². The molecule has 0 bridgehead atoms. The lowest BCUT2D eigenvalue weighted by atomic mass is 9.95. The Morgan fingerprint density at radius 2 is 1.96 bits per heavy atom. The number of hydrogen-bond acceptors (Lipinski definition) is 4. The fourth-order valence-corrected chi connectivity index (χ4v) is 3.82. The van der Waals surface area contributed by atoms with Crippen molar-refractivity contribution in [2.75, 3.05) is 18.0 Å². The number of benzene rings is 1. The standard InChI is InChI=1S/C19H22N4O/c24-19(22-17-6-5-14-3-1-2-4-16(14)17)15-7-11-23(12-8-15)18-13-20-9-10-21-18/h1-4,9-10,13,15,17H,5-8,11-12H2,(H,22,24)/t17-/m0/s1. The Balaban J connectivity index is 1.34. The smallest absolute Gasteiger partial charge is 0.223 e. The number of anilines is 1. The molecule has 5 heteroatoms. The predicted octanol–water partition coefficient (Wildman–Crippen LogP) is 2.50. The SMILES string of the molecule is O=C(N[C@H]1CCc2ccccc21)C1CCN(c2cnccn2)CC1. The number of carbonyl (C=O) groups excluding carboxylic acids is 1. The Hall–Kier alpha value is -2.43. The van der Waals surface area contributed by atoms with Crippen LogP contribution in [0.4, 0.5) is 5.82 Å². The van der Waals surface area contributed by atoms with E-state index in [0.717, 1.165) is 44.6 Å². The van der Waals surface area contributed by atoms with Gasteiger partial charge in [0.1, 0.15) is 5.82 Å². The second kappa shape index (κ2) is 6.59. The summed E-state index contributed by atoms with van der Waals surface area (Å²) in [4.78, 5) is 23.3. The summed E-state index contributed by atoms with van der Waals surface area (Å²) in [6, 6.07) is 8.63. The molecule has 2 aromatic rings. The molecule has 0 radical (unpaired) electrons. The lowest BCUT2D eigenvalue weighted by Crippen LogP contribution is -2.41. The zero-order valence-electron chi connectivity index (χ0n) is 13.7. The van der Waals surface area contributed by atoms with Gasteiger partial charge in [0.05, 0.1) is 12.2 Å². The molecule has 1 aromatic heterocycles. The Morgan fingerprint density at radius 1 is 1.12 bits per heavy atom. The van der Waals surface area contributed by atoms with Gasteiger partial charge in [-0.05, 0) is 36.8 Å². The number of amides is 1. The fourth-order valence-electron chi connectivity index (χ4n) is 3.82. The number of nitrogens with zero attached hydrogens (tertiary/aromatic N) is 3. The molecule has 24 heavy (non-hydrogen) atoms. The van der Waals surface area contributed by atoms with Crippen LogP contribution in [0.15, 0.2) is 42.9 Å². The first kappa shape index (κ1) is 15.1. The van der Waals surface area contributed by atoms with Gasteiger partial charge in [-0.1, -0.05) is 24.3 Å². The van der Waals surface area contributed by atoms with Crippen LogP contribution in [0.3, 0.4) is 0 Å². The summed E-state index contributed by atoms with van der Waals surface area (Å²) in [7, 11) is 0. The predicted molar refractivity (Wildman–Crippen MR) is 92.6 cm³/mol. The van der Waals surface area contributed by atoms with Crippen molar-refractivity contribution in [3.05, 3.63) is 54.0 Å². The Bertz CT molecular complexity index is 710. The molecule has 2 heterocycles. The van der Waals surface area contributed by atoms with Crippen LogP contribution in [0.2, 0.25) is 0 Å². The first-order chi connectivity index (χ1) is 11.8. The van der Waals surface area contributed by atoms with E-state index in [-0.39, 0.29) is 17.9 Å². The van der Waals surface area contributed by atoms with Crippen LogP contribution in [0, 0.1) is 5.92 Å². The highest BCUT2D eigenvalue weighted by molar-refractivity contribution is 5.79. The lowest BCUT2D eigenvalue weighted by molar-refractivity contribution is -0.126. The average Bonchev–Trinajstić information content (AvgIpc) is 3.06. The maximum absolute atomic E-state index is 12.6. The molecule has 1 aromatic carbocycles. The average molecular weight is 322 g/mol. The zero-order valence-corrected chi connectivity index (χ0v) is 13.7. The van der Waals surface area contributed by atoms with E-state index in [1.807, 2.05) is 0 Å². The second-order valence-corrected chi connectivity index (χ2v) is 6.62. The van der Waals surface area contributed by atoms with Crippen molar-refractivity contribution in [2.24, 2.45) is 5.92 Å². The Labute approximate surface area is 142 Å². The summed E-state index contributed by atoms with van der Waals surface area (Å²) in [5, 5.41) is 3.27. The summed E-state index contributed by atoms with van der Waals surface area (Å²) in [6.07, 6.45) is 9.01. The van der Waals surface area contributed by atoms with E-state index in [9.17, 15) is 4.79 Å². The van der Waals surface area contributed by atoms with Gasteiger partial charge in [-0.3, -0.25) is 9.78 Å². The third-order valence-electron chi connectivity index (χ3n) is 5.19. The Morgan fingerprint density at radius 3 is 2.75 bits per heavy atom. The second-order valence-electron chi connectivity index (χ2n) is 6.62. The molecule has 1 amide bonds. The van der Waals surface area contributed by atoms with Crippen LogP contribution < -0.4 is 10.2 Å². The highest BCUT2D eigenvalue weighted by atomic mass is 16.1. The molecule has 1 saturated heterocycles. The van der Waals surface area contributed by atoms with E-state index in [4.69, 9.17) is 0 Å². The van der Waals surface area contributed by atoms with E-state index in [1.165, 1.54) is 11.1 Å². The summed E-state index contributed by atoms with van der Waals surface area (Å²) < 4.78 is 0. The third-order valence-corrected chi connectivity index (χ3v) is 5.19. The van der Waals surface area contributed by atoms with Gasteiger partial charge in [-0.15, -0.1) is 0 Å². The van der Waals surface area contributed by atoms with Crippen molar-refractivity contribution in [1.29, 1.82) is 0 Å².